The molecule has 2 aromatic carbocycles. The van der Waals surface area contributed by atoms with E-state index in [4.69, 9.17) is 32.5 Å². The summed E-state index contributed by atoms with van der Waals surface area (Å²) >= 11 is 13.1. The van der Waals surface area contributed by atoms with Gasteiger partial charge in [-0.25, -0.2) is 0 Å². The lowest BCUT2D eigenvalue weighted by atomic mass is 9.46. The van der Waals surface area contributed by atoms with Crippen molar-refractivity contribution >= 4 is 23.2 Å². The number of hydrogen-bond acceptors (Lipinski definition) is 5. The highest BCUT2D eigenvalue weighted by Gasteiger charge is 2.81. The zero-order valence-corrected chi connectivity index (χ0v) is 21.4. The molecular weight excluding hydrogens is 495 g/mol. The van der Waals surface area contributed by atoms with E-state index in [-0.39, 0.29) is 22.9 Å². The van der Waals surface area contributed by atoms with E-state index in [1.807, 2.05) is 36.4 Å². The molecule has 36 heavy (non-hydrogen) atoms. The molecule has 7 heteroatoms. The lowest BCUT2D eigenvalue weighted by Gasteiger charge is -2.64. The van der Waals surface area contributed by atoms with Gasteiger partial charge in [-0.2, -0.15) is 5.26 Å². The van der Waals surface area contributed by atoms with Crippen LogP contribution in [0.25, 0.3) is 11.3 Å². The van der Waals surface area contributed by atoms with Gasteiger partial charge in [-0.05, 0) is 67.9 Å². The molecule has 0 radical (unpaired) electrons. The van der Waals surface area contributed by atoms with Crippen LogP contribution in [0.5, 0.6) is 0 Å². The maximum absolute atomic E-state index is 12.0. The molecule has 0 unspecified atom stereocenters. The second-order valence-electron chi connectivity index (χ2n) is 11.3. The lowest BCUT2D eigenvalue weighted by Crippen LogP contribution is -2.67. The first kappa shape index (κ1) is 22.8. The normalized spacial score (nSPS) is 34.0. The smallest absolute Gasteiger partial charge is 0.145 e. The molecule has 1 heterocycles. The number of aliphatic hydroxyl groups is 1. The maximum atomic E-state index is 12.0. The molecule has 4 fully saturated rings. The van der Waals surface area contributed by atoms with Gasteiger partial charge in [0.15, 0.2) is 0 Å². The second kappa shape index (κ2) is 7.58. The van der Waals surface area contributed by atoms with Crippen molar-refractivity contribution in [1.82, 2.24) is 5.16 Å². The number of ether oxygens (including phenoxy) is 1. The highest BCUT2D eigenvalue weighted by Crippen LogP contribution is 2.80. The zero-order chi connectivity index (χ0) is 24.9. The fraction of sp³-hybridized carbons (Fsp3) is 0.448. The third kappa shape index (κ3) is 2.88. The fourth-order valence-corrected chi connectivity index (χ4v) is 8.23. The molecule has 1 N–H and O–H groups in total. The van der Waals surface area contributed by atoms with Gasteiger partial charge in [-0.15, -0.1) is 0 Å². The minimum absolute atomic E-state index is 0.0954. The van der Waals surface area contributed by atoms with Crippen molar-refractivity contribution in [3.63, 3.8) is 0 Å². The number of fused-ring (bicyclic) bond motifs is 1. The molecule has 0 saturated heterocycles. The number of benzene rings is 2. The van der Waals surface area contributed by atoms with E-state index in [2.05, 4.69) is 18.1 Å². The predicted octanol–water partition coefficient (Wildman–Crippen LogP) is 6.99. The summed E-state index contributed by atoms with van der Waals surface area (Å²) in [7, 11) is 0. The van der Waals surface area contributed by atoms with E-state index in [1.54, 1.807) is 6.07 Å². The van der Waals surface area contributed by atoms with Crippen LogP contribution < -0.4 is 0 Å². The summed E-state index contributed by atoms with van der Waals surface area (Å²) in [6.45, 7) is 2.64. The van der Waals surface area contributed by atoms with Crippen molar-refractivity contribution in [2.45, 2.75) is 62.8 Å². The fourth-order valence-electron chi connectivity index (χ4n) is 7.65. The molecule has 1 aromatic heterocycles. The Morgan fingerprint density at radius 3 is 2.56 bits per heavy atom. The van der Waals surface area contributed by atoms with E-state index >= 15 is 0 Å². The Hall–Kier alpha value is -2.36. The monoisotopic (exact) mass is 520 g/mol. The van der Waals surface area contributed by atoms with Crippen molar-refractivity contribution in [2.24, 2.45) is 17.3 Å². The van der Waals surface area contributed by atoms with Gasteiger partial charge in [-0.3, -0.25) is 0 Å². The minimum Gasteiger partial charge on any atom is -0.385 e. The third-order valence-corrected chi connectivity index (χ3v) is 10.3. The van der Waals surface area contributed by atoms with Gasteiger partial charge in [0.2, 0.25) is 0 Å². The van der Waals surface area contributed by atoms with Gasteiger partial charge in [0.1, 0.15) is 11.5 Å². The van der Waals surface area contributed by atoms with Crippen LogP contribution in [0, 0.1) is 28.6 Å². The molecular formula is C29H26Cl2N2O3. The van der Waals surface area contributed by atoms with Crippen LogP contribution in [-0.2, 0) is 16.9 Å². The predicted molar refractivity (Wildman–Crippen MR) is 135 cm³/mol. The van der Waals surface area contributed by atoms with Gasteiger partial charge in [0.25, 0.3) is 0 Å². The van der Waals surface area contributed by atoms with E-state index in [9.17, 15) is 10.4 Å². The number of nitriles is 1. The Bertz CT molecular complexity index is 1420. The van der Waals surface area contributed by atoms with Gasteiger partial charge < -0.3 is 14.4 Å². The maximum Gasteiger partial charge on any atom is 0.145 e. The zero-order valence-electron chi connectivity index (χ0n) is 19.9. The first-order chi connectivity index (χ1) is 17.3. The molecule has 4 aliphatic carbocycles. The summed E-state index contributed by atoms with van der Waals surface area (Å²) in [5.41, 5.74) is 2.39. The Kier molecular flexibility index (Phi) is 4.80. The molecule has 4 saturated carbocycles. The van der Waals surface area contributed by atoms with Crippen molar-refractivity contribution < 1.29 is 14.4 Å². The average Bonchev–Trinajstić information content (AvgIpc) is 3.56. The summed E-state index contributed by atoms with van der Waals surface area (Å²) in [6, 6.07) is 15.1. The Morgan fingerprint density at radius 2 is 1.89 bits per heavy atom. The Morgan fingerprint density at radius 1 is 1.14 bits per heavy atom. The molecule has 4 aliphatic rings. The summed E-state index contributed by atoms with van der Waals surface area (Å²) < 4.78 is 12.7. The van der Waals surface area contributed by atoms with E-state index in [0.717, 1.165) is 49.0 Å². The molecule has 0 spiro atoms. The molecule has 5 nitrogen and oxygen atoms in total. The number of aromatic nitrogens is 1. The van der Waals surface area contributed by atoms with Crippen LogP contribution in [-0.4, -0.2) is 15.9 Å². The summed E-state index contributed by atoms with van der Waals surface area (Å²) in [5, 5.41) is 26.8. The van der Waals surface area contributed by atoms with E-state index in [0.29, 0.717) is 39.4 Å². The minimum atomic E-state index is -0.917. The van der Waals surface area contributed by atoms with Gasteiger partial charge in [-0.1, -0.05) is 53.5 Å². The SMILES string of the molecule is C[C@]12C[C@@H]3C[C@]1(OCc1c(-c4c(Cl)cccc4Cl)noc1C1CC1)C[C@H]2[C@]3(O)c1cccc(C#N)c1. The number of rotatable bonds is 6. The molecule has 3 aromatic rings. The first-order valence-electron chi connectivity index (χ1n) is 12.6. The number of nitrogens with zero attached hydrogens (tertiary/aromatic N) is 2. The molecule has 184 valence electrons. The van der Waals surface area contributed by atoms with Gasteiger partial charge >= 0.3 is 0 Å². The van der Waals surface area contributed by atoms with Crippen LogP contribution >= 0.6 is 23.2 Å². The van der Waals surface area contributed by atoms with Crippen molar-refractivity contribution in [1.29, 1.82) is 5.26 Å². The highest BCUT2D eigenvalue weighted by atomic mass is 35.5. The van der Waals surface area contributed by atoms with Crippen LogP contribution in [0.1, 0.15) is 67.4 Å². The van der Waals surface area contributed by atoms with E-state index < -0.39 is 5.60 Å². The summed E-state index contributed by atoms with van der Waals surface area (Å²) in [6.07, 6.45) is 4.66. The first-order valence-corrected chi connectivity index (χ1v) is 13.4. The molecule has 7 rings (SSSR count). The van der Waals surface area contributed by atoms with Gasteiger partial charge in [0.05, 0.1) is 39.5 Å². The third-order valence-electron chi connectivity index (χ3n) is 9.66. The largest absolute Gasteiger partial charge is 0.385 e. The summed E-state index contributed by atoms with van der Waals surface area (Å²) in [5.74, 6) is 1.44. The molecule has 0 amide bonds. The van der Waals surface area contributed by atoms with E-state index in [1.165, 1.54) is 0 Å². The molecule has 0 aliphatic heterocycles. The van der Waals surface area contributed by atoms with Crippen LogP contribution in [0.4, 0.5) is 0 Å². The molecule has 5 atom stereocenters. The number of halogens is 2. The molecule has 2 bridgehead atoms. The highest BCUT2D eigenvalue weighted by molar-refractivity contribution is 6.39. The standard InChI is InChI=1S/C29H26Cl2N2O3/c1-27-11-19-12-28(27,13-23(27)29(19,34)18-5-2-4-16(10-18)14-32)35-15-20-25(33-36-26(20)17-8-9-17)24-21(30)6-3-7-22(24)31/h2-7,10,17,19,23,34H,8-9,11-13,15H2,1H3/t19-,23-,27-,28+,29+/m1/s1. The van der Waals surface area contributed by atoms with Crippen molar-refractivity contribution in [3.8, 4) is 17.3 Å². The average molecular weight is 521 g/mol. The Labute approximate surface area is 220 Å². The quantitative estimate of drug-likeness (QED) is 0.378. The van der Waals surface area contributed by atoms with Crippen molar-refractivity contribution in [3.05, 3.63) is 75.0 Å². The second-order valence-corrected chi connectivity index (χ2v) is 12.1. The van der Waals surface area contributed by atoms with Crippen molar-refractivity contribution in [2.75, 3.05) is 0 Å². The van der Waals surface area contributed by atoms with Gasteiger partial charge in [0, 0.05) is 28.4 Å². The van der Waals surface area contributed by atoms with Crippen LogP contribution in [0.2, 0.25) is 10.0 Å². The topological polar surface area (TPSA) is 79.3 Å². The number of hydrogen-bond donors (Lipinski definition) is 1. The van der Waals surface area contributed by atoms with Crippen LogP contribution in [0.15, 0.2) is 47.0 Å². The summed E-state index contributed by atoms with van der Waals surface area (Å²) in [4.78, 5) is 0. The van der Waals surface area contributed by atoms with Crippen LogP contribution in [0.3, 0.4) is 0 Å². The Balaban J connectivity index is 1.19. The lowest BCUT2D eigenvalue weighted by molar-refractivity contribution is -0.284.